The van der Waals surface area contributed by atoms with E-state index in [0.29, 0.717) is 11.6 Å². The van der Waals surface area contributed by atoms with Gasteiger partial charge in [-0.3, -0.25) is 4.79 Å². The average Bonchev–Trinajstić information content (AvgIpc) is 2.97. The number of fused-ring (bicyclic) bond motifs is 1. The number of amides is 1. The second-order valence-electron chi connectivity index (χ2n) is 7.25. The van der Waals surface area contributed by atoms with Gasteiger partial charge >= 0.3 is 0 Å². The molecule has 25 heavy (non-hydrogen) atoms. The van der Waals surface area contributed by atoms with Gasteiger partial charge in [-0.15, -0.1) is 0 Å². The van der Waals surface area contributed by atoms with Crippen LogP contribution in [0.15, 0.2) is 18.3 Å². The molecule has 0 radical (unpaired) electrons. The van der Waals surface area contributed by atoms with Crippen molar-refractivity contribution < 1.29 is 9.53 Å². The fourth-order valence-electron chi connectivity index (χ4n) is 3.70. The van der Waals surface area contributed by atoms with Crippen molar-refractivity contribution in [1.29, 1.82) is 0 Å². The highest BCUT2D eigenvalue weighted by atomic mass is 16.5. The zero-order chi connectivity index (χ0) is 18.1. The number of hydrogen-bond donors (Lipinski definition) is 1. The van der Waals surface area contributed by atoms with Gasteiger partial charge in [0.25, 0.3) is 5.91 Å². The molecule has 5 heteroatoms. The highest BCUT2D eigenvalue weighted by molar-refractivity contribution is 5.92. The minimum atomic E-state index is -0.0930. The molecule has 1 amide bonds. The van der Waals surface area contributed by atoms with E-state index in [1.165, 1.54) is 16.7 Å². The molecule has 1 aliphatic rings. The maximum Gasteiger partial charge on any atom is 0.271 e. The molecule has 0 saturated carbocycles. The first-order chi connectivity index (χ1) is 11.9. The Morgan fingerprint density at radius 2 is 2.00 bits per heavy atom. The summed E-state index contributed by atoms with van der Waals surface area (Å²) in [5.41, 5.74) is 4.20. The third-order valence-electron chi connectivity index (χ3n) is 4.80. The first kappa shape index (κ1) is 17.5. The van der Waals surface area contributed by atoms with Crippen LogP contribution < -0.4 is 10.1 Å². The molecule has 0 fully saturated rings. The SMILES string of the molecule is COc1c(C)cc([C@@H]2CCc3nc(C(=O)NC(C)C)cn3C2)cc1C. The van der Waals surface area contributed by atoms with Crippen LogP contribution in [0.2, 0.25) is 0 Å². The molecule has 5 nitrogen and oxygen atoms in total. The molecular formula is C20H27N3O2. The van der Waals surface area contributed by atoms with E-state index in [-0.39, 0.29) is 11.9 Å². The smallest absolute Gasteiger partial charge is 0.271 e. The summed E-state index contributed by atoms with van der Waals surface area (Å²) >= 11 is 0. The van der Waals surface area contributed by atoms with Crippen molar-refractivity contribution in [1.82, 2.24) is 14.9 Å². The summed E-state index contributed by atoms with van der Waals surface area (Å²) in [5, 5.41) is 2.91. The number of aromatic nitrogens is 2. The summed E-state index contributed by atoms with van der Waals surface area (Å²) in [5.74, 6) is 2.32. The van der Waals surface area contributed by atoms with Gasteiger partial charge in [0, 0.05) is 31.1 Å². The Kier molecular flexibility index (Phi) is 4.84. The molecule has 2 heterocycles. The van der Waals surface area contributed by atoms with E-state index in [0.717, 1.165) is 31.0 Å². The number of nitrogens with one attached hydrogen (secondary N) is 1. The zero-order valence-corrected chi connectivity index (χ0v) is 15.7. The summed E-state index contributed by atoms with van der Waals surface area (Å²) in [6.07, 6.45) is 3.83. The lowest BCUT2D eigenvalue weighted by Gasteiger charge is -2.25. The lowest BCUT2D eigenvalue weighted by Crippen LogP contribution is -2.30. The van der Waals surface area contributed by atoms with Crippen molar-refractivity contribution in [3.63, 3.8) is 0 Å². The van der Waals surface area contributed by atoms with Gasteiger partial charge in [-0.1, -0.05) is 12.1 Å². The number of carbonyl (C=O) groups is 1. The van der Waals surface area contributed by atoms with Gasteiger partial charge in [-0.2, -0.15) is 0 Å². The highest BCUT2D eigenvalue weighted by Gasteiger charge is 2.24. The zero-order valence-electron chi connectivity index (χ0n) is 15.7. The molecule has 0 spiro atoms. The number of benzene rings is 1. The van der Waals surface area contributed by atoms with E-state index in [1.807, 2.05) is 20.0 Å². The minimum Gasteiger partial charge on any atom is -0.496 e. The fourth-order valence-corrected chi connectivity index (χ4v) is 3.70. The molecule has 0 bridgehead atoms. The molecule has 1 aliphatic heterocycles. The molecule has 2 aromatic rings. The Bertz CT molecular complexity index is 769. The third kappa shape index (κ3) is 3.55. The Hall–Kier alpha value is -2.30. The molecule has 1 N–H and O–H groups in total. The second kappa shape index (κ2) is 6.90. The van der Waals surface area contributed by atoms with Crippen molar-refractivity contribution in [3.8, 4) is 5.75 Å². The van der Waals surface area contributed by atoms with Crippen LogP contribution >= 0.6 is 0 Å². The maximum absolute atomic E-state index is 12.2. The number of aryl methyl sites for hydroxylation is 3. The summed E-state index contributed by atoms with van der Waals surface area (Å²) in [4.78, 5) is 16.7. The van der Waals surface area contributed by atoms with Crippen molar-refractivity contribution in [2.45, 2.75) is 59.0 Å². The first-order valence-corrected chi connectivity index (χ1v) is 8.91. The van der Waals surface area contributed by atoms with Gasteiger partial charge in [0.2, 0.25) is 0 Å². The Labute approximate surface area is 149 Å². The quantitative estimate of drug-likeness (QED) is 0.927. The van der Waals surface area contributed by atoms with Crippen LogP contribution in [-0.2, 0) is 13.0 Å². The predicted molar refractivity (Wildman–Crippen MR) is 98.4 cm³/mol. The molecule has 0 aliphatic carbocycles. The number of rotatable bonds is 4. The summed E-state index contributed by atoms with van der Waals surface area (Å²) in [6, 6.07) is 4.57. The number of ether oxygens (including phenoxy) is 1. The number of nitrogens with zero attached hydrogens (tertiary/aromatic N) is 2. The monoisotopic (exact) mass is 341 g/mol. The number of carbonyl (C=O) groups excluding carboxylic acids is 1. The molecular weight excluding hydrogens is 314 g/mol. The minimum absolute atomic E-state index is 0.0930. The Morgan fingerprint density at radius 1 is 1.32 bits per heavy atom. The van der Waals surface area contributed by atoms with E-state index < -0.39 is 0 Å². The van der Waals surface area contributed by atoms with Crippen LogP contribution in [-0.4, -0.2) is 28.6 Å². The van der Waals surface area contributed by atoms with Gasteiger partial charge < -0.3 is 14.6 Å². The molecule has 0 unspecified atom stereocenters. The fraction of sp³-hybridized carbons (Fsp3) is 0.500. The lowest BCUT2D eigenvalue weighted by molar-refractivity contribution is 0.0938. The molecule has 1 aromatic carbocycles. The van der Waals surface area contributed by atoms with E-state index in [4.69, 9.17) is 4.74 Å². The van der Waals surface area contributed by atoms with Crippen molar-refractivity contribution in [3.05, 3.63) is 46.5 Å². The average molecular weight is 341 g/mol. The Balaban J connectivity index is 1.82. The van der Waals surface area contributed by atoms with Gasteiger partial charge in [-0.25, -0.2) is 4.98 Å². The molecule has 0 saturated heterocycles. The van der Waals surface area contributed by atoms with Crippen LogP contribution in [0.3, 0.4) is 0 Å². The second-order valence-corrected chi connectivity index (χ2v) is 7.25. The van der Waals surface area contributed by atoms with Gasteiger partial charge in [-0.05, 0) is 50.8 Å². The van der Waals surface area contributed by atoms with Crippen LogP contribution in [0.1, 0.15) is 59.2 Å². The number of hydrogen-bond acceptors (Lipinski definition) is 3. The number of methoxy groups -OCH3 is 1. The van der Waals surface area contributed by atoms with Crippen molar-refractivity contribution in [2.24, 2.45) is 0 Å². The Morgan fingerprint density at radius 3 is 2.60 bits per heavy atom. The normalized spacial score (nSPS) is 16.6. The van der Waals surface area contributed by atoms with Gasteiger partial charge in [0.15, 0.2) is 0 Å². The first-order valence-electron chi connectivity index (χ1n) is 8.91. The molecule has 1 atom stereocenters. The van der Waals surface area contributed by atoms with Crippen LogP contribution in [0.25, 0.3) is 0 Å². The van der Waals surface area contributed by atoms with Crippen molar-refractivity contribution >= 4 is 5.91 Å². The summed E-state index contributed by atoms with van der Waals surface area (Å²) in [6.45, 7) is 8.96. The van der Waals surface area contributed by atoms with Gasteiger partial charge in [0.05, 0.1) is 7.11 Å². The van der Waals surface area contributed by atoms with Crippen molar-refractivity contribution in [2.75, 3.05) is 7.11 Å². The third-order valence-corrected chi connectivity index (χ3v) is 4.80. The van der Waals surface area contributed by atoms with Crippen LogP contribution in [0.4, 0.5) is 0 Å². The van der Waals surface area contributed by atoms with E-state index in [1.54, 1.807) is 7.11 Å². The molecule has 1 aromatic heterocycles. The van der Waals surface area contributed by atoms with Gasteiger partial charge in [0.1, 0.15) is 17.3 Å². The molecule has 134 valence electrons. The van der Waals surface area contributed by atoms with Crippen LogP contribution in [0, 0.1) is 13.8 Å². The standard InChI is InChI=1S/C20H27N3O2/c1-12(2)21-20(24)17-11-23-10-15(6-7-18(23)22-17)16-8-13(3)19(25-5)14(4)9-16/h8-9,11-12,15H,6-7,10H2,1-5H3,(H,21,24)/t15-/m1/s1. The van der Waals surface area contributed by atoms with Crippen LogP contribution in [0.5, 0.6) is 5.75 Å². The molecule has 3 rings (SSSR count). The maximum atomic E-state index is 12.2. The van der Waals surface area contributed by atoms with E-state index >= 15 is 0 Å². The van der Waals surface area contributed by atoms with E-state index in [9.17, 15) is 4.79 Å². The largest absolute Gasteiger partial charge is 0.496 e. The predicted octanol–water partition coefficient (Wildman–Crippen LogP) is 3.38. The topological polar surface area (TPSA) is 56.1 Å². The lowest BCUT2D eigenvalue weighted by atomic mass is 9.89. The van der Waals surface area contributed by atoms with E-state index in [2.05, 4.69) is 40.8 Å². The number of imidazole rings is 1. The highest BCUT2D eigenvalue weighted by Crippen LogP contribution is 2.33. The summed E-state index contributed by atoms with van der Waals surface area (Å²) in [7, 11) is 1.72. The summed E-state index contributed by atoms with van der Waals surface area (Å²) < 4.78 is 7.61.